The van der Waals surface area contributed by atoms with Crippen LogP contribution in [0.15, 0.2) is 47.6 Å². The molecule has 0 unspecified atom stereocenters. The Morgan fingerprint density at radius 2 is 2.00 bits per heavy atom. The molecule has 0 saturated heterocycles. The SMILES string of the molecule is CCN(Cc1ccc(C)cc1)Sc1cncc(C#N)c1. The van der Waals surface area contributed by atoms with Gasteiger partial charge < -0.3 is 0 Å². The lowest BCUT2D eigenvalue weighted by atomic mass is 10.1. The number of nitrogens with zero attached hydrogens (tertiary/aromatic N) is 3. The fraction of sp³-hybridized carbons (Fsp3) is 0.250. The minimum Gasteiger partial charge on any atom is -0.262 e. The average molecular weight is 283 g/mol. The molecular formula is C16H17N3S. The maximum absolute atomic E-state index is 8.90. The van der Waals surface area contributed by atoms with Gasteiger partial charge in [0.2, 0.25) is 0 Å². The van der Waals surface area contributed by atoms with Gasteiger partial charge in [0.25, 0.3) is 0 Å². The van der Waals surface area contributed by atoms with Crippen LogP contribution in [0.5, 0.6) is 0 Å². The molecule has 1 aromatic heterocycles. The zero-order valence-corrected chi connectivity index (χ0v) is 12.5. The van der Waals surface area contributed by atoms with Crippen molar-refractivity contribution in [3.8, 4) is 6.07 Å². The highest BCUT2D eigenvalue weighted by atomic mass is 32.2. The van der Waals surface area contributed by atoms with Crippen molar-refractivity contribution in [3.63, 3.8) is 0 Å². The van der Waals surface area contributed by atoms with Gasteiger partial charge in [0.15, 0.2) is 0 Å². The van der Waals surface area contributed by atoms with Gasteiger partial charge in [-0.25, -0.2) is 4.31 Å². The summed E-state index contributed by atoms with van der Waals surface area (Å²) in [5.41, 5.74) is 3.16. The number of hydrogen-bond donors (Lipinski definition) is 0. The molecular weight excluding hydrogens is 266 g/mol. The number of aromatic nitrogens is 1. The van der Waals surface area contributed by atoms with E-state index in [0.717, 1.165) is 18.0 Å². The average Bonchev–Trinajstić information content (AvgIpc) is 2.49. The van der Waals surface area contributed by atoms with Crippen LogP contribution >= 0.6 is 11.9 Å². The second kappa shape index (κ2) is 7.09. The molecule has 4 heteroatoms. The minimum atomic E-state index is 0.599. The van der Waals surface area contributed by atoms with Crippen LogP contribution in [0, 0.1) is 18.3 Å². The molecule has 0 aliphatic heterocycles. The molecule has 102 valence electrons. The molecule has 0 fully saturated rings. The number of aryl methyl sites for hydroxylation is 1. The number of hydrogen-bond acceptors (Lipinski definition) is 4. The first-order valence-electron chi connectivity index (χ1n) is 6.55. The summed E-state index contributed by atoms with van der Waals surface area (Å²) in [7, 11) is 0. The fourth-order valence-corrected chi connectivity index (χ4v) is 2.71. The molecule has 0 aliphatic carbocycles. The van der Waals surface area contributed by atoms with Crippen molar-refractivity contribution in [3.05, 3.63) is 59.4 Å². The molecule has 0 spiro atoms. The Morgan fingerprint density at radius 3 is 2.65 bits per heavy atom. The van der Waals surface area contributed by atoms with Gasteiger partial charge in [-0.3, -0.25) is 4.98 Å². The van der Waals surface area contributed by atoms with Gasteiger partial charge in [-0.1, -0.05) is 36.8 Å². The number of benzene rings is 1. The molecule has 2 rings (SSSR count). The quantitative estimate of drug-likeness (QED) is 0.783. The predicted molar refractivity (Wildman–Crippen MR) is 82.1 cm³/mol. The standard InChI is InChI=1S/C16H17N3S/c1-3-19(12-14-6-4-13(2)5-7-14)20-16-8-15(9-17)10-18-11-16/h4-8,10-11H,3,12H2,1-2H3. The van der Waals surface area contributed by atoms with Crippen molar-refractivity contribution >= 4 is 11.9 Å². The van der Waals surface area contributed by atoms with Crippen molar-refractivity contribution in [1.82, 2.24) is 9.29 Å². The maximum atomic E-state index is 8.90. The molecule has 0 bridgehead atoms. The van der Waals surface area contributed by atoms with Crippen molar-refractivity contribution in [1.29, 1.82) is 5.26 Å². The first-order valence-corrected chi connectivity index (χ1v) is 7.32. The van der Waals surface area contributed by atoms with E-state index in [1.165, 1.54) is 11.1 Å². The molecule has 0 amide bonds. The predicted octanol–water partition coefficient (Wildman–Crippen LogP) is 3.79. The van der Waals surface area contributed by atoms with Gasteiger partial charge >= 0.3 is 0 Å². The topological polar surface area (TPSA) is 39.9 Å². The molecule has 3 nitrogen and oxygen atoms in total. The largest absolute Gasteiger partial charge is 0.262 e. The second-order valence-electron chi connectivity index (χ2n) is 4.55. The van der Waals surface area contributed by atoms with E-state index >= 15 is 0 Å². The zero-order chi connectivity index (χ0) is 14.4. The summed E-state index contributed by atoms with van der Waals surface area (Å²) in [6.45, 7) is 6.02. The van der Waals surface area contributed by atoms with Gasteiger partial charge in [-0.2, -0.15) is 5.26 Å². The first kappa shape index (κ1) is 14.6. The zero-order valence-electron chi connectivity index (χ0n) is 11.7. The Labute approximate surface area is 124 Å². The molecule has 0 saturated carbocycles. The highest BCUT2D eigenvalue weighted by molar-refractivity contribution is 7.97. The smallest absolute Gasteiger partial charge is 0.101 e. The van der Waals surface area contributed by atoms with E-state index in [2.05, 4.69) is 53.5 Å². The summed E-state index contributed by atoms with van der Waals surface area (Å²) in [5.74, 6) is 0. The third kappa shape index (κ3) is 4.09. The molecule has 0 atom stereocenters. The Hall–Kier alpha value is -1.83. The van der Waals surface area contributed by atoms with Crippen LogP contribution in [0.25, 0.3) is 0 Å². The molecule has 0 aliphatic rings. The fourth-order valence-electron chi connectivity index (χ4n) is 1.78. The monoisotopic (exact) mass is 283 g/mol. The third-order valence-corrected chi connectivity index (χ3v) is 3.99. The summed E-state index contributed by atoms with van der Waals surface area (Å²) in [4.78, 5) is 5.09. The third-order valence-electron chi connectivity index (χ3n) is 2.91. The summed E-state index contributed by atoms with van der Waals surface area (Å²) in [5, 5.41) is 8.90. The second-order valence-corrected chi connectivity index (χ2v) is 5.72. The Kier molecular flexibility index (Phi) is 5.16. The van der Waals surface area contributed by atoms with Gasteiger partial charge in [0, 0.05) is 30.4 Å². The van der Waals surface area contributed by atoms with Crippen molar-refractivity contribution in [2.24, 2.45) is 0 Å². The summed E-state index contributed by atoms with van der Waals surface area (Å²) < 4.78 is 2.25. The first-order chi connectivity index (χ1) is 9.71. The van der Waals surface area contributed by atoms with E-state index in [4.69, 9.17) is 5.26 Å². The van der Waals surface area contributed by atoms with Crippen LogP contribution in [0.4, 0.5) is 0 Å². The highest BCUT2D eigenvalue weighted by Gasteiger charge is 2.07. The van der Waals surface area contributed by atoms with E-state index in [0.29, 0.717) is 5.56 Å². The number of nitriles is 1. The Morgan fingerprint density at radius 1 is 1.25 bits per heavy atom. The lowest BCUT2D eigenvalue weighted by Crippen LogP contribution is -2.14. The van der Waals surface area contributed by atoms with E-state index in [-0.39, 0.29) is 0 Å². The maximum Gasteiger partial charge on any atom is 0.101 e. The Bertz CT molecular complexity index is 602. The molecule has 2 aromatic rings. The lowest BCUT2D eigenvalue weighted by molar-refractivity contribution is 0.492. The van der Waals surface area contributed by atoms with Crippen LogP contribution in [0.3, 0.4) is 0 Å². The van der Waals surface area contributed by atoms with Crippen LogP contribution in [0.2, 0.25) is 0 Å². The van der Waals surface area contributed by atoms with Gasteiger partial charge in [0.1, 0.15) is 6.07 Å². The number of pyridine rings is 1. The van der Waals surface area contributed by atoms with Gasteiger partial charge in [-0.05, 0) is 30.5 Å². The number of rotatable bonds is 5. The van der Waals surface area contributed by atoms with Gasteiger partial charge in [-0.15, -0.1) is 0 Å². The lowest BCUT2D eigenvalue weighted by Gasteiger charge is -2.19. The van der Waals surface area contributed by atoms with Crippen molar-refractivity contribution in [2.45, 2.75) is 25.3 Å². The molecule has 20 heavy (non-hydrogen) atoms. The summed E-state index contributed by atoms with van der Waals surface area (Å²) in [6.07, 6.45) is 3.38. The van der Waals surface area contributed by atoms with Crippen molar-refractivity contribution in [2.75, 3.05) is 6.54 Å². The van der Waals surface area contributed by atoms with Crippen molar-refractivity contribution < 1.29 is 0 Å². The van der Waals surface area contributed by atoms with E-state index in [9.17, 15) is 0 Å². The Balaban J connectivity index is 2.05. The van der Waals surface area contributed by atoms with Crippen LogP contribution in [0.1, 0.15) is 23.6 Å². The summed E-state index contributed by atoms with van der Waals surface area (Å²) in [6, 6.07) is 12.6. The summed E-state index contributed by atoms with van der Waals surface area (Å²) >= 11 is 1.64. The van der Waals surface area contributed by atoms with E-state index in [1.807, 2.05) is 6.07 Å². The van der Waals surface area contributed by atoms with E-state index < -0.39 is 0 Å². The van der Waals surface area contributed by atoms with Crippen LogP contribution in [-0.4, -0.2) is 15.8 Å². The highest BCUT2D eigenvalue weighted by Crippen LogP contribution is 2.24. The minimum absolute atomic E-state index is 0.599. The molecule has 1 aromatic carbocycles. The molecule has 1 heterocycles. The van der Waals surface area contributed by atoms with E-state index in [1.54, 1.807) is 24.3 Å². The van der Waals surface area contributed by atoms with Crippen LogP contribution in [-0.2, 0) is 6.54 Å². The molecule has 0 radical (unpaired) electrons. The van der Waals surface area contributed by atoms with Crippen LogP contribution < -0.4 is 0 Å². The normalized spacial score (nSPS) is 10.5. The van der Waals surface area contributed by atoms with Gasteiger partial charge in [0.05, 0.1) is 5.56 Å². The molecule has 0 N–H and O–H groups in total.